The number of carbonyl (C=O) groups is 1. The van der Waals surface area contributed by atoms with Crippen LogP contribution in [0.5, 0.6) is 0 Å². The summed E-state index contributed by atoms with van der Waals surface area (Å²) in [6.45, 7) is 3.85. The van der Waals surface area contributed by atoms with E-state index in [1.54, 1.807) is 11.3 Å². The molecule has 2 aromatic heterocycles. The fraction of sp³-hybridized carbons (Fsp3) is 0.368. The fourth-order valence-corrected chi connectivity index (χ4v) is 4.35. The number of para-hydroxylation sites is 2. The quantitative estimate of drug-likeness (QED) is 0.720. The van der Waals surface area contributed by atoms with E-state index < -0.39 is 0 Å². The van der Waals surface area contributed by atoms with Crippen molar-refractivity contribution in [3.05, 3.63) is 52.5 Å². The molecule has 0 spiro atoms. The molecule has 1 fully saturated rings. The summed E-state index contributed by atoms with van der Waals surface area (Å²) in [6, 6.07) is 10.4. The number of aromatic nitrogens is 2. The van der Waals surface area contributed by atoms with Gasteiger partial charge >= 0.3 is 0 Å². The lowest BCUT2D eigenvalue weighted by Gasteiger charge is -2.25. The second kappa shape index (κ2) is 6.40. The number of likely N-dealkylation sites (tertiary alicyclic amines) is 1. The molecule has 24 heavy (non-hydrogen) atoms. The third-order valence-corrected chi connectivity index (χ3v) is 5.54. The van der Waals surface area contributed by atoms with Gasteiger partial charge in [0.1, 0.15) is 5.82 Å². The van der Waals surface area contributed by atoms with Gasteiger partial charge in [-0.2, -0.15) is 11.3 Å². The highest BCUT2D eigenvalue weighted by Crippen LogP contribution is 2.34. The van der Waals surface area contributed by atoms with E-state index in [9.17, 15) is 4.79 Å². The second-order valence-corrected chi connectivity index (χ2v) is 7.04. The van der Waals surface area contributed by atoms with E-state index in [0.717, 1.165) is 48.4 Å². The Labute approximate surface area is 145 Å². The summed E-state index contributed by atoms with van der Waals surface area (Å²) >= 11 is 1.64. The number of hydrogen-bond donors (Lipinski definition) is 0. The van der Waals surface area contributed by atoms with Crippen LogP contribution in [0.4, 0.5) is 0 Å². The predicted molar refractivity (Wildman–Crippen MR) is 97.1 cm³/mol. The van der Waals surface area contributed by atoms with E-state index in [4.69, 9.17) is 4.98 Å². The van der Waals surface area contributed by atoms with E-state index >= 15 is 0 Å². The first-order valence-corrected chi connectivity index (χ1v) is 9.48. The molecular formula is C19H21N3OS. The topological polar surface area (TPSA) is 38.1 Å². The van der Waals surface area contributed by atoms with Crippen molar-refractivity contribution < 1.29 is 4.79 Å². The molecule has 0 saturated carbocycles. The second-order valence-electron chi connectivity index (χ2n) is 6.26. The predicted octanol–water partition coefficient (Wildman–Crippen LogP) is 4.02. The van der Waals surface area contributed by atoms with Crippen molar-refractivity contribution in [2.75, 3.05) is 6.54 Å². The van der Waals surface area contributed by atoms with Crippen LogP contribution in [0.1, 0.15) is 37.2 Å². The normalized spacial score (nSPS) is 17.7. The maximum absolute atomic E-state index is 12.8. The molecular weight excluding hydrogens is 318 g/mol. The van der Waals surface area contributed by atoms with Gasteiger partial charge in [0.2, 0.25) is 5.91 Å². The van der Waals surface area contributed by atoms with Gasteiger partial charge in [0.25, 0.3) is 0 Å². The van der Waals surface area contributed by atoms with Crippen molar-refractivity contribution in [2.24, 2.45) is 0 Å². The summed E-state index contributed by atoms with van der Waals surface area (Å²) in [4.78, 5) is 19.7. The van der Waals surface area contributed by atoms with Crippen LogP contribution < -0.4 is 0 Å². The number of fused-ring (bicyclic) bond motifs is 1. The SMILES string of the molecule is CCn1c(C2CCCN2C(=O)Cc2ccsc2)nc2ccccc21. The molecule has 1 amide bonds. The molecule has 3 heterocycles. The van der Waals surface area contributed by atoms with Gasteiger partial charge in [-0.05, 0) is 54.3 Å². The molecule has 1 aromatic carbocycles. The molecule has 4 rings (SSSR count). The van der Waals surface area contributed by atoms with Crippen molar-refractivity contribution in [3.63, 3.8) is 0 Å². The number of benzene rings is 1. The molecule has 1 aliphatic heterocycles. The Morgan fingerprint density at radius 3 is 3.00 bits per heavy atom. The van der Waals surface area contributed by atoms with Gasteiger partial charge in [0.15, 0.2) is 0 Å². The highest BCUT2D eigenvalue weighted by atomic mass is 32.1. The van der Waals surface area contributed by atoms with Gasteiger partial charge in [-0.3, -0.25) is 4.79 Å². The number of imidazole rings is 1. The molecule has 3 aromatic rings. The van der Waals surface area contributed by atoms with E-state index in [0.29, 0.717) is 6.42 Å². The minimum atomic E-state index is 0.100. The largest absolute Gasteiger partial charge is 0.332 e. The van der Waals surface area contributed by atoms with E-state index in [-0.39, 0.29) is 11.9 Å². The first kappa shape index (κ1) is 15.4. The Morgan fingerprint density at radius 1 is 1.33 bits per heavy atom. The molecule has 0 bridgehead atoms. The number of nitrogens with zero attached hydrogens (tertiary/aromatic N) is 3. The number of thiophene rings is 1. The third kappa shape index (κ3) is 2.63. The number of amides is 1. The van der Waals surface area contributed by atoms with Crippen LogP contribution in [0, 0.1) is 0 Å². The first-order valence-electron chi connectivity index (χ1n) is 8.53. The van der Waals surface area contributed by atoms with Gasteiger partial charge in [-0.1, -0.05) is 12.1 Å². The molecule has 0 aliphatic carbocycles. The van der Waals surface area contributed by atoms with Crippen LogP contribution in [0.25, 0.3) is 11.0 Å². The van der Waals surface area contributed by atoms with Crippen molar-refractivity contribution in [1.29, 1.82) is 0 Å². The molecule has 1 atom stereocenters. The van der Waals surface area contributed by atoms with Crippen molar-refractivity contribution in [2.45, 2.75) is 38.8 Å². The maximum atomic E-state index is 12.8. The van der Waals surface area contributed by atoms with E-state index in [1.165, 1.54) is 0 Å². The Bertz CT molecular complexity index is 853. The summed E-state index contributed by atoms with van der Waals surface area (Å²) < 4.78 is 2.26. The lowest BCUT2D eigenvalue weighted by atomic mass is 10.1. The molecule has 124 valence electrons. The monoisotopic (exact) mass is 339 g/mol. The summed E-state index contributed by atoms with van der Waals surface area (Å²) in [7, 11) is 0. The van der Waals surface area contributed by atoms with E-state index in [2.05, 4.69) is 29.0 Å². The summed E-state index contributed by atoms with van der Waals surface area (Å²) in [5.41, 5.74) is 3.29. The highest BCUT2D eigenvalue weighted by molar-refractivity contribution is 7.08. The van der Waals surface area contributed by atoms with Gasteiger partial charge < -0.3 is 9.47 Å². The molecule has 4 nitrogen and oxygen atoms in total. The lowest BCUT2D eigenvalue weighted by Crippen LogP contribution is -2.33. The zero-order valence-electron chi connectivity index (χ0n) is 13.8. The van der Waals surface area contributed by atoms with Crippen molar-refractivity contribution in [3.8, 4) is 0 Å². The van der Waals surface area contributed by atoms with Crippen LogP contribution in [0.15, 0.2) is 41.1 Å². The molecule has 0 N–H and O–H groups in total. The number of carbonyl (C=O) groups excluding carboxylic acids is 1. The average Bonchev–Trinajstić information content (AvgIpc) is 3.33. The van der Waals surface area contributed by atoms with Crippen LogP contribution in [-0.2, 0) is 17.8 Å². The Morgan fingerprint density at radius 2 is 2.21 bits per heavy atom. The van der Waals surface area contributed by atoms with Crippen molar-refractivity contribution in [1.82, 2.24) is 14.5 Å². The van der Waals surface area contributed by atoms with Crippen LogP contribution in [0.3, 0.4) is 0 Å². The lowest BCUT2D eigenvalue weighted by molar-refractivity contribution is -0.131. The van der Waals surface area contributed by atoms with Crippen molar-refractivity contribution >= 4 is 28.3 Å². The molecule has 1 aliphatic rings. The van der Waals surface area contributed by atoms with Gasteiger partial charge in [-0.15, -0.1) is 0 Å². The van der Waals surface area contributed by atoms with Gasteiger partial charge in [0, 0.05) is 13.1 Å². The maximum Gasteiger partial charge on any atom is 0.227 e. The fourth-order valence-electron chi connectivity index (χ4n) is 3.68. The summed E-state index contributed by atoms with van der Waals surface area (Å²) in [6.07, 6.45) is 2.54. The summed E-state index contributed by atoms with van der Waals surface area (Å²) in [5, 5.41) is 4.09. The molecule has 1 saturated heterocycles. The number of hydrogen-bond acceptors (Lipinski definition) is 3. The standard InChI is InChI=1S/C19H21N3OS/c1-2-21-16-7-4-3-6-15(16)20-19(21)17-8-5-10-22(17)18(23)12-14-9-11-24-13-14/h3-4,6-7,9,11,13,17H,2,5,8,10,12H2,1H3. The Kier molecular flexibility index (Phi) is 4.10. The smallest absolute Gasteiger partial charge is 0.227 e. The Hall–Kier alpha value is -2.14. The molecule has 5 heteroatoms. The zero-order chi connectivity index (χ0) is 16.5. The molecule has 0 radical (unpaired) electrons. The van der Waals surface area contributed by atoms with Gasteiger partial charge in [0.05, 0.1) is 23.5 Å². The highest BCUT2D eigenvalue weighted by Gasteiger charge is 2.33. The van der Waals surface area contributed by atoms with Gasteiger partial charge in [-0.25, -0.2) is 4.98 Å². The third-order valence-electron chi connectivity index (χ3n) is 4.81. The van der Waals surface area contributed by atoms with Crippen LogP contribution in [0.2, 0.25) is 0 Å². The molecule has 1 unspecified atom stereocenters. The average molecular weight is 339 g/mol. The van der Waals surface area contributed by atoms with Crippen LogP contribution in [-0.4, -0.2) is 26.9 Å². The minimum absolute atomic E-state index is 0.100. The number of aryl methyl sites for hydroxylation is 1. The Balaban J connectivity index is 1.66. The summed E-state index contributed by atoms with van der Waals surface area (Å²) in [5.74, 6) is 1.25. The minimum Gasteiger partial charge on any atom is -0.332 e. The van der Waals surface area contributed by atoms with Crippen LogP contribution >= 0.6 is 11.3 Å². The van der Waals surface area contributed by atoms with E-state index in [1.807, 2.05) is 28.5 Å². The zero-order valence-corrected chi connectivity index (χ0v) is 14.6. The number of rotatable bonds is 4. The first-order chi connectivity index (χ1) is 11.8.